The third kappa shape index (κ3) is 1.98. The van der Waals surface area contributed by atoms with Crippen molar-refractivity contribution >= 4 is 11.3 Å². The Hall–Kier alpha value is -0.600. The van der Waals surface area contributed by atoms with Crippen LogP contribution >= 0.6 is 11.3 Å². The van der Waals surface area contributed by atoms with Crippen LogP contribution in [-0.2, 0) is 23.2 Å². The molecule has 1 aromatic heterocycles. The van der Waals surface area contributed by atoms with E-state index in [2.05, 4.69) is 25.1 Å². The molecule has 0 N–H and O–H groups in total. The molecular weight excluding hydrogens is 228 g/mol. The van der Waals surface area contributed by atoms with Gasteiger partial charge in [-0.2, -0.15) is 0 Å². The van der Waals surface area contributed by atoms with Crippen molar-refractivity contribution < 1.29 is 4.74 Å². The van der Waals surface area contributed by atoms with Gasteiger partial charge in [-0.15, -0.1) is 11.3 Å². The van der Waals surface area contributed by atoms with E-state index in [-0.39, 0.29) is 5.60 Å². The fourth-order valence-corrected chi connectivity index (χ4v) is 4.23. The topological polar surface area (TPSA) is 9.23 Å². The molecule has 17 heavy (non-hydrogen) atoms. The van der Waals surface area contributed by atoms with Crippen LogP contribution in [0.4, 0.5) is 0 Å². The van der Waals surface area contributed by atoms with E-state index in [9.17, 15) is 0 Å². The van der Waals surface area contributed by atoms with Crippen molar-refractivity contribution in [2.75, 3.05) is 6.61 Å². The van der Waals surface area contributed by atoms with Gasteiger partial charge in [0.15, 0.2) is 0 Å². The van der Waals surface area contributed by atoms with Gasteiger partial charge in [0, 0.05) is 16.2 Å². The Balaban J connectivity index is 1.99. The van der Waals surface area contributed by atoms with Crippen molar-refractivity contribution in [1.29, 1.82) is 0 Å². The molecule has 0 fully saturated rings. The van der Waals surface area contributed by atoms with Crippen LogP contribution in [0.3, 0.4) is 0 Å². The molecule has 2 aliphatic rings. The maximum absolute atomic E-state index is 6.24. The first-order valence-electron chi connectivity index (χ1n) is 6.75. The minimum absolute atomic E-state index is 0.0427. The van der Waals surface area contributed by atoms with Crippen LogP contribution in [0.2, 0.25) is 0 Å². The van der Waals surface area contributed by atoms with Gasteiger partial charge in [0.05, 0.1) is 12.2 Å². The highest BCUT2D eigenvalue weighted by Gasteiger charge is 2.38. The zero-order valence-corrected chi connectivity index (χ0v) is 11.3. The van der Waals surface area contributed by atoms with E-state index in [1.165, 1.54) is 10.4 Å². The number of rotatable bonds is 1. The molecule has 1 aliphatic carbocycles. The fourth-order valence-electron chi connectivity index (χ4n) is 3.05. The Kier molecular flexibility index (Phi) is 3.10. The Labute approximate surface area is 107 Å². The van der Waals surface area contributed by atoms with E-state index < -0.39 is 0 Å². The van der Waals surface area contributed by atoms with Crippen LogP contribution in [0.5, 0.6) is 0 Å². The molecule has 0 aromatic carbocycles. The van der Waals surface area contributed by atoms with E-state index in [0.29, 0.717) is 0 Å². The van der Waals surface area contributed by atoms with E-state index in [1.807, 2.05) is 11.3 Å². The van der Waals surface area contributed by atoms with E-state index in [1.54, 1.807) is 4.88 Å². The summed E-state index contributed by atoms with van der Waals surface area (Å²) in [6.07, 6.45) is 11.6. The predicted molar refractivity (Wildman–Crippen MR) is 72.6 cm³/mol. The number of hydrogen-bond donors (Lipinski definition) is 0. The molecule has 0 bridgehead atoms. The number of thiophene rings is 1. The number of hydrogen-bond acceptors (Lipinski definition) is 2. The summed E-state index contributed by atoms with van der Waals surface area (Å²) >= 11 is 2.01. The number of allylic oxidation sites excluding steroid dienone is 2. The summed E-state index contributed by atoms with van der Waals surface area (Å²) in [5.41, 5.74) is 1.57. The van der Waals surface area contributed by atoms with Gasteiger partial charge in [-0.3, -0.25) is 0 Å². The molecule has 92 valence electrons. The number of ether oxygens (including phenoxy) is 1. The lowest BCUT2D eigenvalue weighted by molar-refractivity contribution is -0.0693. The highest BCUT2D eigenvalue weighted by molar-refractivity contribution is 7.12. The van der Waals surface area contributed by atoms with Crippen molar-refractivity contribution in [3.63, 3.8) is 0 Å². The van der Waals surface area contributed by atoms with Gasteiger partial charge in [0.1, 0.15) is 0 Å². The molecule has 0 amide bonds. The third-order valence-corrected chi connectivity index (χ3v) is 5.34. The average molecular weight is 248 g/mol. The third-order valence-electron chi connectivity index (χ3n) is 4.00. The molecule has 0 saturated heterocycles. The van der Waals surface area contributed by atoms with Crippen LogP contribution in [0.25, 0.3) is 0 Å². The Morgan fingerprint density at radius 3 is 2.76 bits per heavy atom. The van der Waals surface area contributed by atoms with Gasteiger partial charge in [0.25, 0.3) is 0 Å². The summed E-state index contributed by atoms with van der Waals surface area (Å²) in [7, 11) is 0. The Bertz CT molecular complexity index is 420. The van der Waals surface area contributed by atoms with Crippen LogP contribution < -0.4 is 0 Å². The molecule has 0 unspecified atom stereocenters. The van der Waals surface area contributed by atoms with Crippen LogP contribution in [-0.4, -0.2) is 6.61 Å². The monoisotopic (exact) mass is 248 g/mol. The van der Waals surface area contributed by atoms with Crippen LogP contribution in [0.1, 0.15) is 47.9 Å². The molecule has 0 saturated carbocycles. The van der Waals surface area contributed by atoms with Crippen molar-refractivity contribution in [2.24, 2.45) is 0 Å². The van der Waals surface area contributed by atoms with Crippen LogP contribution in [0, 0.1) is 0 Å². The first kappa shape index (κ1) is 11.5. The van der Waals surface area contributed by atoms with Gasteiger partial charge < -0.3 is 4.74 Å². The molecule has 2 heteroatoms. The van der Waals surface area contributed by atoms with Crippen molar-refractivity contribution in [3.05, 3.63) is 33.5 Å². The lowest BCUT2D eigenvalue weighted by atomic mass is 9.84. The van der Waals surface area contributed by atoms with E-state index in [0.717, 1.165) is 45.1 Å². The summed E-state index contributed by atoms with van der Waals surface area (Å²) in [4.78, 5) is 3.12. The second kappa shape index (κ2) is 4.58. The highest BCUT2D eigenvalue weighted by atomic mass is 32.1. The summed E-state index contributed by atoms with van der Waals surface area (Å²) in [6.45, 7) is 3.16. The van der Waals surface area contributed by atoms with E-state index in [4.69, 9.17) is 4.74 Å². The van der Waals surface area contributed by atoms with E-state index >= 15 is 0 Å². The molecule has 0 radical (unpaired) electrons. The highest BCUT2D eigenvalue weighted by Crippen LogP contribution is 2.45. The normalized spacial score (nSPS) is 22.4. The molecule has 0 atom stereocenters. The number of aryl methyl sites for hydroxylation is 1. The largest absolute Gasteiger partial charge is 0.370 e. The van der Waals surface area contributed by atoms with Gasteiger partial charge in [-0.25, -0.2) is 0 Å². The molecular formula is C15H20OS. The van der Waals surface area contributed by atoms with Gasteiger partial charge in [0.2, 0.25) is 0 Å². The van der Waals surface area contributed by atoms with Gasteiger partial charge in [-0.05, 0) is 43.7 Å². The molecule has 1 nitrogen and oxygen atoms in total. The zero-order chi connectivity index (χ0) is 11.7. The number of fused-ring (bicyclic) bond motifs is 2. The lowest BCUT2D eigenvalue weighted by Gasteiger charge is -2.37. The summed E-state index contributed by atoms with van der Waals surface area (Å²) in [5, 5.41) is 0. The molecule has 1 spiro atoms. The maximum atomic E-state index is 6.24. The first-order valence-corrected chi connectivity index (χ1v) is 7.57. The Morgan fingerprint density at radius 2 is 2.06 bits per heavy atom. The molecule has 3 rings (SSSR count). The quantitative estimate of drug-likeness (QED) is 0.676. The molecule has 1 aliphatic heterocycles. The SMILES string of the molecule is CCc1cc2c(s1)CCOC21CCC=CCC1. The summed E-state index contributed by atoms with van der Waals surface area (Å²) < 4.78 is 6.24. The van der Waals surface area contributed by atoms with Crippen molar-refractivity contribution in [3.8, 4) is 0 Å². The van der Waals surface area contributed by atoms with Gasteiger partial charge in [-0.1, -0.05) is 19.1 Å². The van der Waals surface area contributed by atoms with Crippen LogP contribution in [0.15, 0.2) is 18.2 Å². The predicted octanol–water partition coefficient (Wildman–Crippen LogP) is 4.21. The molecule has 2 heterocycles. The zero-order valence-electron chi connectivity index (χ0n) is 10.5. The maximum Gasteiger partial charge on any atom is 0.0948 e. The second-order valence-electron chi connectivity index (χ2n) is 5.04. The smallest absolute Gasteiger partial charge is 0.0948 e. The molecule has 1 aromatic rings. The first-order chi connectivity index (χ1) is 8.34. The van der Waals surface area contributed by atoms with Gasteiger partial charge >= 0.3 is 0 Å². The lowest BCUT2D eigenvalue weighted by Crippen LogP contribution is -2.34. The average Bonchev–Trinajstić information content (AvgIpc) is 2.65. The summed E-state index contributed by atoms with van der Waals surface area (Å²) in [5.74, 6) is 0. The second-order valence-corrected chi connectivity index (χ2v) is 6.27. The Morgan fingerprint density at radius 1 is 1.29 bits per heavy atom. The van der Waals surface area contributed by atoms with Crippen molar-refractivity contribution in [1.82, 2.24) is 0 Å². The fraction of sp³-hybridized carbons (Fsp3) is 0.600. The minimum Gasteiger partial charge on any atom is -0.370 e. The summed E-state index contributed by atoms with van der Waals surface area (Å²) in [6, 6.07) is 2.42. The van der Waals surface area contributed by atoms with Crippen molar-refractivity contribution in [2.45, 2.75) is 51.0 Å². The minimum atomic E-state index is 0.0427. The standard InChI is InChI=1S/C15H20OS/c1-2-12-11-13-14(17-12)7-10-16-15(13)8-5-3-4-6-9-15/h3-4,11H,2,5-10H2,1H3.